The van der Waals surface area contributed by atoms with E-state index in [-0.39, 0.29) is 17.8 Å². The number of hydrogen-bond donors (Lipinski definition) is 1. The number of nitrogens with zero attached hydrogens (tertiary/aromatic N) is 2. The van der Waals surface area contributed by atoms with E-state index >= 15 is 0 Å². The number of β-amino-alcohol motifs (C(OH)–C–C–N with tert-alkyl or cyclic N) is 1. The minimum atomic E-state index is -1.05. The SMILES string of the molecule is N#Cc1ccc2c(c1)[C@@H](C[C@H](F)CN1CCC(O)C1)Cc1cc(F)ccc1S2. The van der Waals surface area contributed by atoms with Crippen molar-refractivity contribution in [3.8, 4) is 6.07 Å². The van der Waals surface area contributed by atoms with Crippen LogP contribution in [0.5, 0.6) is 0 Å². The Balaban J connectivity index is 1.61. The molecule has 2 aliphatic rings. The third-order valence-corrected chi connectivity index (χ3v) is 6.74. The molecule has 0 aromatic heterocycles. The highest BCUT2D eigenvalue weighted by molar-refractivity contribution is 7.99. The van der Waals surface area contributed by atoms with Crippen molar-refractivity contribution in [1.82, 2.24) is 4.90 Å². The van der Waals surface area contributed by atoms with E-state index in [2.05, 4.69) is 6.07 Å². The molecule has 1 fully saturated rings. The third-order valence-electron chi connectivity index (χ3n) is 5.53. The Morgan fingerprint density at radius 3 is 2.82 bits per heavy atom. The molecule has 1 saturated heterocycles. The summed E-state index contributed by atoms with van der Waals surface area (Å²) in [5, 5.41) is 19.0. The maximum absolute atomic E-state index is 15.0. The fourth-order valence-electron chi connectivity index (χ4n) is 4.18. The molecule has 2 heterocycles. The maximum Gasteiger partial charge on any atom is 0.123 e. The number of rotatable bonds is 4. The van der Waals surface area contributed by atoms with Crippen molar-refractivity contribution in [2.45, 2.75) is 47.2 Å². The summed E-state index contributed by atoms with van der Waals surface area (Å²) in [5.41, 5.74) is 2.40. The summed E-state index contributed by atoms with van der Waals surface area (Å²) in [6.45, 7) is 1.53. The Labute approximate surface area is 168 Å². The molecule has 2 aromatic rings. The van der Waals surface area contributed by atoms with Gasteiger partial charge in [-0.25, -0.2) is 8.78 Å². The molecule has 4 rings (SSSR count). The fraction of sp³-hybridized carbons (Fsp3) is 0.409. The van der Waals surface area contributed by atoms with Crippen LogP contribution in [0.15, 0.2) is 46.2 Å². The monoisotopic (exact) mass is 400 g/mol. The van der Waals surface area contributed by atoms with Gasteiger partial charge in [0.1, 0.15) is 12.0 Å². The average Bonchev–Trinajstić information content (AvgIpc) is 3.01. The molecule has 146 valence electrons. The van der Waals surface area contributed by atoms with Crippen LogP contribution < -0.4 is 0 Å². The lowest BCUT2D eigenvalue weighted by Crippen LogP contribution is -2.30. The highest BCUT2D eigenvalue weighted by Crippen LogP contribution is 2.44. The summed E-state index contributed by atoms with van der Waals surface area (Å²) >= 11 is 1.55. The Kier molecular flexibility index (Phi) is 5.68. The van der Waals surface area contributed by atoms with E-state index in [1.54, 1.807) is 23.9 Å². The number of fused-ring (bicyclic) bond motifs is 2. The van der Waals surface area contributed by atoms with Crippen molar-refractivity contribution in [3.05, 3.63) is 58.9 Å². The predicted octanol–water partition coefficient (Wildman–Crippen LogP) is 4.28. The molecular weight excluding hydrogens is 378 g/mol. The van der Waals surface area contributed by atoms with E-state index in [9.17, 15) is 19.1 Å². The lowest BCUT2D eigenvalue weighted by molar-refractivity contribution is 0.156. The van der Waals surface area contributed by atoms with Crippen molar-refractivity contribution in [1.29, 1.82) is 5.26 Å². The van der Waals surface area contributed by atoms with Gasteiger partial charge in [0, 0.05) is 29.4 Å². The summed E-state index contributed by atoms with van der Waals surface area (Å²) in [6, 6.07) is 12.5. The Bertz CT molecular complexity index is 914. The average molecular weight is 400 g/mol. The molecule has 0 amide bonds. The topological polar surface area (TPSA) is 47.3 Å². The van der Waals surface area contributed by atoms with Gasteiger partial charge in [0.05, 0.1) is 17.7 Å². The van der Waals surface area contributed by atoms with Gasteiger partial charge < -0.3 is 5.11 Å². The first-order valence-corrected chi connectivity index (χ1v) is 10.4. The highest BCUT2D eigenvalue weighted by atomic mass is 32.2. The minimum Gasteiger partial charge on any atom is -0.392 e. The summed E-state index contributed by atoms with van der Waals surface area (Å²) in [4.78, 5) is 3.94. The molecule has 2 aromatic carbocycles. The number of aliphatic hydroxyl groups excluding tert-OH is 1. The van der Waals surface area contributed by atoms with Gasteiger partial charge in [-0.3, -0.25) is 4.90 Å². The first kappa shape index (κ1) is 19.4. The van der Waals surface area contributed by atoms with Crippen molar-refractivity contribution < 1.29 is 13.9 Å². The zero-order valence-corrected chi connectivity index (χ0v) is 16.3. The second kappa shape index (κ2) is 8.20. The Hall–Kier alpha value is -1.94. The van der Waals surface area contributed by atoms with Crippen LogP contribution in [-0.2, 0) is 6.42 Å². The summed E-state index contributed by atoms with van der Waals surface area (Å²) < 4.78 is 28.8. The quantitative estimate of drug-likeness (QED) is 0.832. The van der Waals surface area contributed by atoms with Crippen LogP contribution in [0.3, 0.4) is 0 Å². The fourth-order valence-corrected chi connectivity index (χ4v) is 5.31. The molecule has 1 N–H and O–H groups in total. The molecule has 0 spiro atoms. The van der Waals surface area contributed by atoms with E-state index < -0.39 is 6.17 Å². The van der Waals surface area contributed by atoms with Gasteiger partial charge >= 0.3 is 0 Å². The van der Waals surface area contributed by atoms with Crippen molar-refractivity contribution >= 4 is 11.8 Å². The molecule has 3 nitrogen and oxygen atoms in total. The number of hydrogen-bond acceptors (Lipinski definition) is 4. The highest BCUT2D eigenvalue weighted by Gasteiger charge is 2.28. The molecule has 0 radical (unpaired) electrons. The van der Waals surface area contributed by atoms with E-state index in [1.165, 1.54) is 12.1 Å². The zero-order chi connectivity index (χ0) is 19.7. The number of nitriles is 1. The third kappa shape index (κ3) is 4.22. The number of aliphatic hydroxyl groups is 1. The van der Waals surface area contributed by atoms with E-state index in [0.717, 1.165) is 20.9 Å². The van der Waals surface area contributed by atoms with Crippen LogP contribution in [-0.4, -0.2) is 41.9 Å². The first-order chi connectivity index (χ1) is 13.5. The second-order valence-corrected chi connectivity index (χ2v) is 8.74. The number of likely N-dealkylation sites (tertiary alicyclic amines) is 1. The van der Waals surface area contributed by atoms with E-state index in [0.29, 0.717) is 44.5 Å². The van der Waals surface area contributed by atoms with Gasteiger partial charge in [-0.1, -0.05) is 11.8 Å². The van der Waals surface area contributed by atoms with Crippen molar-refractivity contribution in [2.24, 2.45) is 0 Å². The minimum absolute atomic E-state index is 0.124. The van der Waals surface area contributed by atoms with Gasteiger partial charge in [0.2, 0.25) is 0 Å². The molecule has 0 bridgehead atoms. The molecule has 28 heavy (non-hydrogen) atoms. The normalized spacial score (nSPS) is 22.8. The molecule has 0 saturated carbocycles. The summed E-state index contributed by atoms with van der Waals surface area (Å²) in [5.74, 6) is -0.411. The number of halogens is 2. The maximum atomic E-state index is 15.0. The van der Waals surface area contributed by atoms with Crippen LogP contribution in [0.1, 0.15) is 35.4 Å². The van der Waals surface area contributed by atoms with Crippen LogP contribution in [0.25, 0.3) is 0 Å². The predicted molar refractivity (Wildman–Crippen MR) is 105 cm³/mol. The largest absolute Gasteiger partial charge is 0.392 e. The Morgan fingerprint density at radius 2 is 2.07 bits per heavy atom. The smallest absolute Gasteiger partial charge is 0.123 e. The summed E-state index contributed by atoms with van der Waals surface area (Å²) in [7, 11) is 0. The molecule has 6 heteroatoms. The number of benzene rings is 2. The molecule has 2 aliphatic heterocycles. The molecule has 0 aliphatic carbocycles. The zero-order valence-electron chi connectivity index (χ0n) is 15.4. The van der Waals surface area contributed by atoms with Crippen LogP contribution in [0, 0.1) is 17.1 Å². The van der Waals surface area contributed by atoms with Gasteiger partial charge in [0.25, 0.3) is 0 Å². The molecular formula is C22H22F2N2OS. The number of alkyl halides is 1. The van der Waals surface area contributed by atoms with E-state index in [1.807, 2.05) is 17.0 Å². The standard InChI is InChI=1S/C22H22F2N2OS/c23-17-2-4-21-16(10-17)8-15(9-18(24)12-26-6-5-19(27)13-26)20-7-14(11-25)1-3-22(20)28-21/h1-4,7,10,15,18-19,27H,5-6,8-9,12-13H2/t15-,18+,19?/m1/s1. The van der Waals surface area contributed by atoms with Crippen molar-refractivity contribution in [2.75, 3.05) is 19.6 Å². The van der Waals surface area contributed by atoms with Crippen LogP contribution >= 0.6 is 11.8 Å². The van der Waals surface area contributed by atoms with Crippen LogP contribution in [0.4, 0.5) is 8.78 Å². The van der Waals surface area contributed by atoms with Gasteiger partial charge in [0.15, 0.2) is 0 Å². The van der Waals surface area contributed by atoms with E-state index in [4.69, 9.17) is 0 Å². The molecule has 3 atom stereocenters. The first-order valence-electron chi connectivity index (χ1n) is 9.56. The lowest BCUT2D eigenvalue weighted by Gasteiger charge is -2.23. The molecule has 1 unspecified atom stereocenters. The van der Waals surface area contributed by atoms with Gasteiger partial charge in [-0.05, 0) is 72.7 Å². The summed E-state index contributed by atoms with van der Waals surface area (Å²) in [6.07, 6.45) is 0.133. The van der Waals surface area contributed by atoms with Crippen molar-refractivity contribution in [3.63, 3.8) is 0 Å². The van der Waals surface area contributed by atoms with Gasteiger partial charge in [-0.15, -0.1) is 0 Å². The van der Waals surface area contributed by atoms with Gasteiger partial charge in [-0.2, -0.15) is 5.26 Å². The lowest BCUT2D eigenvalue weighted by atomic mass is 9.87. The second-order valence-electron chi connectivity index (χ2n) is 7.65. The van der Waals surface area contributed by atoms with Crippen LogP contribution in [0.2, 0.25) is 0 Å². The Morgan fingerprint density at radius 1 is 1.25 bits per heavy atom.